The van der Waals surface area contributed by atoms with Gasteiger partial charge in [-0.3, -0.25) is 4.79 Å². The van der Waals surface area contributed by atoms with Crippen molar-refractivity contribution >= 4 is 27.5 Å². The molecule has 0 unspecified atom stereocenters. The Bertz CT molecular complexity index is 404. The van der Waals surface area contributed by atoms with Gasteiger partial charge in [0.2, 0.25) is 5.88 Å². The van der Waals surface area contributed by atoms with Crippen molar-refractivity contribution in [1.29, 1.82) is 0 Å². The molecule has 0 fully saturated rings. The van der Waals surface area contributed by atoms with Gasteiger partial charge in [0.05, 0.1) is 0 Å². The first-order valence-corrected chi connectivity index (χ1v) is 4.95. The van der Waals surface area contributed by atoms with E-state index in [0.717, 1.165) is 0 Å². The molecular formula is C9H9BrN2O2. The number of hydrogen-bond donors (Lipinski definition) is 1. The average Bonchev–Trinajstić information content (AvgIpc) is 2.07. The zero-order valence-corrected chi connectivity index (χ0v) is 9.38. The molecule has 5 heteroatoms. The van der Waals surface area contributed by atoms with Crippen LogP contribution >= 0.6 is 15.9 Å². The van der Waals surface area contributed by atoms with Crippen molar-refractivity contribution in [2.45, 2.75) is 19.4 Å². The summed E-state index contributed by atoms with van der Waals surface area (Å²) in [6, 6.07) is 3.50. The molecule has 0 atom stereocenters. The lowest BCUT2D eigenvalue weighted by molar-refractivity contribution is -0.129. The summed E-state index contributed by atoms with van der Waals surface area (Å²) in [5, 5.41) is 2.73. The van der Waals surface area contributed by atoms with Crippen molar-refractivity contribution in [1.82, 2.24) is 4.98 Å². The third-order valence-electron chi connectivity index (χ3n) is 1.97. The molecule has 1 amide bonds. The maximum absolute atomic E-state index is 11.5. The summed E-state index contributed by atoms with van der Waals surface area (Å²) in [6.07, 6.45) is 0. The summed E-state index contributed by atoms with van der Waals surface area (Å²) >= 11 is 3.24. The highest BCUT2D eigenvalue weighted by atomic mass is 79.9. The predicted molar refractivity (Wildman–Crippen MR) is 55.3 cm³/mol. The number of nitrogens with one attached hydrogen (secondary N) is 1. The lowest BCUT2D eigenvalue weighted by Gasteiger charge is -2.30. The van der Waals surface area contributed by atoms with E-state index in [1.807, 2.05) is 0 Å². The molecule has 0 bridgehead atoms. The first kappa shape index (κ1) is 9.45. The monoisotopic (exact) mass is 256 g/mol. The summed E-state index contributed by atoms with van der Waals surface area (Å²) in [4.78, 5) is 15.6. The van der Waals surface area contributed by atoms with Crippen molar-refractivity contribution in [3.63, 3.8) is 0 Å². The molecule has 2 heterocycles. The third kappa shape index (κ3) is 1.48. The minimum atomic E-state index is -0.860. The van der Waals surface area contributed by atoms with Gasteiger partial charge in [-0.1, -0.05) is 0 Å². The van der Waals surface area contributed by atoms with Crippen LogP contribution in [-0.4, -0.2) is 16.5 Å². The van der Waals surface area contributed by atoms with E-state index in [0.29, 0.717) is 16.2 Å². The maximum Gasteiger partial charge on any atom is 0.268 e. The highest BCUT2D eigenvalue weighted by Crippen LogP contribution is 2.32. The van der Waals surface area contributed by atoms with Crippen LogP contribution in [0.25, 0.3) is 0 Å². The standard InChI is InChI=1S/C9H9BrN2O2/c1-9(2)8(13)11-5-3-4-6(10)12-7(5)14-9/h3-4H,1-2H3,(H,11,13). The van der Waals surface area contributed by atoms with E-state index in [9.17, 15) is 4.79 Å². The van der Waals surface area contributed by atoms with Crippen molar-refractivity contribution in [2.75, 3.05) is 5.32 Å². The van der Waals surface area contributed by atoms with Crippen LogP contribution in [0.15, 0.2) is 16.7 Å². The molecule has 1 aliphatic heterocycles. The number of anilines is 1. The quantitative estimate of drug-likeness (QED) is 0.723. The van der Waals surface area contributed by atoms with Crippen molar-refractivity contribution < 1.29 is 9.53 Å². The Morgan fingerprint density at radius 1 is 1.50 bits per heavy atom. The van der Waals surface area contributed by atoms with E-state index in [1.54, 1.807) is 26.0 Å². The van der Waals surface area contributed by atoms with E-state index < -0.39 is 5.60 Å². The number of rotatable bonds is 0. The number of amides is 1. The molecule has 2 rings (SSSR count). The van der Waals surface area contributed by atoms with Crippen molar-refractivity contribution in [3.05, 3.63) is 16.7 Å². The molecule has 0 spiro atoms. The lowest BCUT2D eigenvalue weighted by Crippen LogP contribution is -2.46. The lowest BCUT2D eigenvalue weighted by atomic mass is 10.1. The molecule has 0 saturated carbocycles. The highest BCUT2D eigenvalue weighted by Gasteiger charge is 2.36. The molecule has 1 aliphatic rings. The number of nitrogens with zero attached hydrogens (tertiary/aromatic N) is 1. The number of pyridine rings is 1. The van der Waals surface area contributed by atoms with Gasteiger partial charge in [0.15, 0.2) is 5.60 Å². The summed E-state index contributed by atoms with van der Waals surface area (Å²) in [5.41, 5.74) is -0.252. The fourth-order valence-corrected chi connectivity index (χ4v) is 1.44. The molecule has 0 aliphatic carbocycles. The number of ether oxygens (including phenoxy) is 1. The van der Waals surface area contributed by atoms with Gasteiger partial charge >= 0.3 is 0 Å². The largest absolute Gasteiger partial charge is 0.460 e. The molecule has 0 aromatic carbocycles. The zero-order valence-electron chi connectivity index (χ0n) is 7.80. The van der Waals surface area contributed by atoms with Crippen LogP contribution in [0, 0.1) is 0 Å². The number of carbonyl (C=O) groups excluding carboxylic acids is 1. The van der Waals surface area contributed by atoms with Gasteiger partial charge in [0, 0.05) is 0 Å². The molecule has 14 heavy (non-hydrogen) atoms. The van der Waals surface area contributed by atoms with Crippen molar-refractivity contribution in [2.24, 2.45) is 0 Å². The van der Waals surface area contributed by atoms with Gasteiger partial charge in [-0.15, -0.1) is 0 Å². The second-order valence-electron chi connectivity index (χ2n) is 3.55. The summed E-state index contributed by atoms with van der Waals surface area (Å²) in [7, 11) is 0. The fraction of sp³-hybridized carbons (Fsp3) is 0.333. The van der Waals surface area contributed by atoms with Gasteiger partial charge in [-0.2, -0.15) is 0 Å². The Morgan fingerprint density at radius 2 is 2.21 bits per heavy atom. The smallest absolute Gasteiger partial charge is 0.268 e. The Hall–Kier alpha value is -1.10. The number of aromatic nitrogens is 1. The number of halogens is 1. The predicted octanol–water partition coefficient (Wildman–Crippen LogP) is 1.95. The van der Waals surface area contributed by atoms with Crippen LogP contribution in [0.4, 0.5) is 5.69 Å². The van der Waals surface area contributed by atoms with E-state index in [1.165, 1.54) is 0 Å². The highest BCUT2D eigenvalue weighted by molar-refractivity contribution is 9.10. The Labute approximate surface area is 89.8 Å². The Balaban J connectivity index is 2.46. The molecule has 0 radical (unpaired) electrons. The molecule has 1 aromatic rings. The summed E-state index contributed by atoms with van der Waals surface area (Å²) < 4.78 is 6.14. The molecule has 74 valence electrons. The normalized spacial score (nSPS) is 18.1. The third-order valence-corrected chi connectivity index (χ3v) is 2.41. The maximum atomic E-state index is 11.5. The number of hydrogen-bond acceptors (Lipinski definition) is 3. The first-order valence-electron chi connectivity index (χ1n) is 4.16. The van der Waals surface area contributed by atoms with E-state index in [-0.39, 0.29) is 5.91 Å². The second-order valence-corrected chi connectivity index (χ2v) is 4.37. The number of carbonyl (C=O) groups is 1. The first-order chi connectivity index (χ1) is 6.49. The molecular weight excluding hydrogens is 248 g/mol. The van der Waals surface area contributed by atoms with Crippen molar-refractivity contribution in [3.8, 4) is 5.88 Å². The van der Waals surface area contributed by atoms with Crippen LogP contribution in [0.5, 0.6) is 5.88 Å². The van der Waals surface area contributed by atoms with Gasteiger partial charge in [0.25, 0.3) is 5.91 Å². The van der Waals surface area contributed by atoms with E-state index >= 15 is 0 Å². The van der Waals surface area contributed by atoms with Crippen LogP contribution < -0.4 is 10.1 Å². The SMILES string of the molecule is CC1(C)Oc2nc(Br)ccc2NC1=O. The summed E-state index contributed by atoms with van der Waals surface area (Å²) in [5.74, 6) is 0.290. The van der Waals surface area contributed by atoms with E-state index in [4.69, 9.17) is 4.74 Å². The van der Waals surface area contributed by atoms with Gasteiger partial charge in [-0.05, 0) is 41.9 Å². The molecule has 4 nitrogen and oxygen atoms in total. The minimum Gasteiger partial charge on any atom is -0.460 e. The molecule has 1 N–H and O–H groups in total. The van der Waals surface area contributed by atoms with Gasteiger partial charge in [-0.25, -0.2) is 4.98 Å². The topological polar surface area (TPSA) is 51.2 Å². The van der Waals surface area contributed by atoms with Crippen LogP contribution in [0.2, 0.25) is 0 Å². The van der Waals surface area contributed by atoms with Gasteiger partial charge < -0.3 is 10.1 Å². The Kier molecular flexibility index (Phi) is 1.99. The molecule has 0 saturated heterocycles. The van der Waals surface area contributed by atoms with Crippen LogP contribution in [-0.2, 0) is 4.79 Å². The average molecular weight is 257 g/mol. The number of fused-ring (bicyclic) bond motifs is 1. The fourth-order valence-electron chi connectivity index (χ4n) is 1.15. The van der Waals surface area contributed by atoms with Crippen LogP contribution in [0.1, 0.15) is 13.8 Å². The second kappa shape index (κ2) is 2.95. The summed E-state index contributed by atoms with van der Waals surface area (Å²) in [6.45, 7) is 3.40. The Morgan fingerprint density at radius 3 is 2.93 bits per heavy atom. The minimum absolute atomic E-state index is 0.158. The van der Waals surface area contributed by atoms with E-state index in [2.05, 4.69) is 26.2 Å². The van der Waals surface area contributed by atoms with Gasteiger partial charge in [0.1, 0.15) is 10.3 Å². The zero-order chi connectivity index (χ0) is 10.3. The van der Waals surface area contributed by atoms with Crippen LogP contribution in [0.3, 0.4) is 0 Å². The molecule has 1 aromatic heterocycles.